The maximum absolute atomic E-state index is 13.0. The molecule has 0 spiro atoms. The van der Waals surface area contributed by atoms with Crippen LogP contribution in [0.1, 0.15) is 38.3 Å². The molecule has 1 aliphatic rings. The number of non-ortho nitro benzene ring substituents is 1. The fraction of sp³-hybridized carbons (Fsp3) is 0.182. The number of thiophene rings is 1. The van der Waals surface area contributed by atoms with Crippen LogP contribution in [0.5, 0.6) is 0 Å². The molecule has 1 amide bonds. The van der Waals surface area contributed by atoms with Gasteiger partial charge in [-0.3, -0.25) is 19.6 Å². The summed E-state index contributed by atoms with van der Waals surface area (Å²) in [4.78, 5) is 24.3. The van der Waals surface area contributed by atoms with E-state index in [2.05, 4.69) is 16.1 Å². The molecule has 0 saturated heterocycles. The SMILES string of the molecule is Cc1ccc([N+](=O)[O-])cc1S(=O)(=O)Nc1ccccc1C(=O)Nc1sc2c(c1C#N)CCC2. The minimum atomic E-state index is -4.22. The van der Waals surface area contributed by atoms with Gasteiger partial charge in [0.25, 0.3) is 21.6 Å². The largest absolute Gasteiger partial charge is 0.312 e. The number of nitro groups is 1. The number of aryl methyl sites for hydroxylation is 2. The number of nitrogens with one attached hydrogen (secondary N) is 2. The van der Waals surface area contributed by atoms with Gasteiger partial charge in [0.2, 0.25) is 0 Å². The molecule has 0 radical (unpaired) electrons. The lowest BCUT2D eigenvalue weighted by Gasteiger charge is -2.14. The van der Waals surface area contributed by atoms with E-state index in [4.69, 9.17) is 0 Å². The van der Waals surface area contributed by atoms with Gasteiger partial charge < -0.3 is 5.32 Å². The molecule has 0 saturated carbocycles. The highest BCUT2D eigenvalue weighted by Gasteiger charge is 2.26. The van der Waals surface area contributed by atoms with Gasteiger partial charge in [-0.15, -0.1) is 11.3 Å². The summed E-state index contributed by atoms with van der Waals surface area (Å²) in [7, 11) is -4.22. The van der Waals surface area contributed by atoms with Gasteiger partial charge in [0.1, 0.15) is 11.1 Å². The zero-order valence-corrected chi connectivity index (χ0v) is 19.0. The molecule has 1 heterocycles. The highest BCUT2D eigenvalue weighted by Crippen LogP contribution is 2.39. The predicted molar refractivity (Wildman–Crippen MR) is 124 cm³/mol. The molecule has 2 N–H and O–H groups in total. The Morgan fingerprint density at radius 3 is 2.70 bits per heavy atom. The molecule has 0 fully saturated rings. The highest BCUT2D eigenvalue weighted by molar-refractivity contribution is 7.92. The fourth-order valence-electron chi connectivity index (χ4n) is 3.74. The molecule has 33 heavy (non-hydrogen) atoms. The van der Waals surface area contributed by atoms with Crippen molar-refractivity contribution < 1.29 is 18.1 Å². The predicted octanol–water partition coefficient (Wildman–Crippen LogP) is 4.38. The number of para-hydroxylation sites is 1. The first-order chi connectivity index (χ1) is 15.7. The monoisotopic (exact) mass is 482 g/mol. The summed E-state index contributed by atoms with van der Waals surface area (Å²) in [5.74, 6) is -0.569. The number of nitrogens with zero attached hydrogens (tertiary/aromatic N) is 2. The van der Waals surface area contributed by atoms with Crippen molar-refractivity contribution in [1.82, 2.24) is 0 Å². The van der Waals surface area contributed by atoms with E-state index >= 15 is 0 Å². The number of benzene rings is 2. The van der Waals surface area contributed by atoms with Crippen LogP contribution in [0.2, 0.25) is 0 Å². The third-order valence-electron chi connectivity index (χ3n) is 5.35. The first-order valence-corrected chi connectivity index (χ1v) is 12.2. The number of carbonyl (C=O) groups excluding carboxylic acids is 1. The second kappa shape index (κ2) is 8.65. The summed E-state index contributed by atoms with van der Waals surface area (Å²) in [6, 6.07) is 11.8. The van der Waals surface area contributed by atoms with Gasteiger partial charge in [-0.05, 0) is 49.4 Å². The molecule has 0 atom stereocenters. The lowest BCUT2D eigenvalue weighted by Crippen LogP contribution is -2.19. The number of nitro benzene ring substituents is 1. The minimum Gasteiger partial charge on any atom is -0.312 e. The summed E-state index contributed by atoms with van der Waals surface area (Å²) in [5, 5.41) is 23.8. The number of nitriles is 1. The van der Waals surface area contributed by atoms with Crippen molar-refractivity contribution in [2.24, 2.45) is 0 Å². The normalized spacial score (nSPS) is 12.6. The van der Waals surface area contributed by atoms with Crippen molar-refractivity contribution >= 4 is 43.6 Å². The third kappa shape index (κ3) is 4.30. The van der Waals surface area contributed by atoms with E-state index in [9.17, 15) is 28.6 Å². The third-order valence-corrected chi connectivity index (χ3v) is 8.06. The van der Waals surface area contributed by atoms with Crippen molar-refractivity contribution in [3.05, 3.63) is 79.7 Å². The van der Waals surface area contributed by atoms with Crippen molar-refractivity contribution in [3.8, 4) is 6.07 Å². The average Bonchev–Trinajstić information content (AvgIpc) is 3.34. The molecule has 11 heteroatoms. The number of anilines is 2. The first kappa shape index (κ1) is 22.4. The maximum atomic E-state index is 13.0. The molecular formula is C22H18N4O5S2. The molecule has 2 aromatic carbocycles. The average molecular weight is 483 g/mol. The van der Waals surface area contributed by atoms with Gasteiger partial charge in [-0.1, -0.05) is 18.2 Å². The van der Waals surface area contributed by atoms with Crippen molar-refractivity contribution in [3.63, 3.8) is 0 Å². The van der Waals surface area contributed by atoms with Gasteiger partial charge in [-0.25, -0.2) is 8.42 Å². The van der Waals surface area contributed by atoms with Gasteiger partial charge >= 0.3 is 0 Å². The van der Waals surface area contributed by atoms with E-state index in [1.165, 1.54) is 42.5 Å². The van der Waals surface area contributed by atoms with Crippen LogP contribution in [0.15, 0.2) is 47.4 Å². The van der Waals surface area contributed by atoms with E-state index in [0.717, 1.165) is 35.8 Å². The van der Waals surface area contributed by atoms with Crippen LogP contribution in [0, 0.1) is 28.4 Å². The molecule has 3 aromatic rings. The van der Waals surface area contributed by atoms with E-state index in [1.807, 2.05) is 0 Å². The Labute approximate surface area is 193 Å². The van der Waals surface area contributed by atoms with E-state index in [0.29, 0.717) is 16.1 Å². The van der Waals surface area contributed by atoms with E-state index in [-0.39, 0.29) is 21.8 Å². The quantitative estimate of drug-likeness (QED) is 0.394. The minimum absolute atomic E-state index is 0.0171. The second-order valence-corrected chi connectivity index (χ2v) is 10.2. The smallest absolute Gasteiger partial charge is 0.270 e. The van der Waals surface area contributed by atoms with E-state index < -0.39 is 20.9 Å². The zero-order valence-electron chi connectivity index (χ0n) is 17.4. The molecule has 1 aliphatic carbocycles. The molecule has 1 aromatic heterocycles. The molecule has 9 nitrogen and oxygen atoms in total. The lowest BCUT2D eigenvalue weighted by atomic mass is 10.1. The topological polar surface area (TPSA) is 142 Å². The van der Waals surface area contributed by atoms with E-state index in [1.54, 1.807) is 12.1 Å². The van der Waals surface area contributed by atoms with Gasteiger partial charge in [0.05, 0.1) is 26.6 Å². The molecule has 4 rings (SSSR count). The van der Waals surface area contributed by atoms with Gasteiger partial charge in [0, 0.05) is 17.0 Å². The first-order valence-electron chi connectivity index (χ1n) is 9.94. The summed E-state index contributed by atoms with van der Waals surface area (Å²) in [6.45, 7) is 1.52. The zero-order chi connectivity index (χ0) is 23.8. The number of hydrogen-bond acceptors (Lipinski definition) is 7. The van der Waals surface area contributed by atoms with Crippen LogP contribution in [-0.2, 0) is 22.9 Å². The summed E-state index contributed by atoms with van der Waals surface area (Å²) in [5.41, 5.74) is 1.45. The maximum Gasteiger partial charge on any atom is 0.270 e. The summed E-state index contributed by atoms with van der Waals surface area (Å²) < 4.78 is 28.4. The Kier molecular flexibility index (Phi) is 5.88. The Balaban J connectivity index is 1.65. The molecule has 168 valence electrons. The van der Waals surface area contributed by atoms with Gasteiger partial charge in [-0.2, -0.15) is 5.26 Å². The number of sulfonamides is 1. The van der Waals surface area contributed by atoms with Crippen molar-refractivity contribution in [2.45, 2.75) is 31.1 Å². The van der Waals surface area contributed by atoms with Crippen molar-refractivity contribution in [2.75, 3.05) is 10.0 Å². The molecule has 0 bridgehead atoms. The highest BCUT2D eigenvalue weighted by atomic mass is 32.2. The number of rotatable bonds is 6. The van der Waals surface area contributed by atoms with Crippen LogP contribution in [0.3, 0.4) is 0 Å². The van der Waals surface area contributed by atoms with Crippen LogP contribution < -0.4 is 10.0 Å². The molecular weight excluding hydrogens is 464 g/mol. The lowest BCUT2D eigenvalue weighted by molar-refractivity contribution is -0.385. The Bertz CT molecular complexity index is 1440. The van der Waals surface area contributed by atoms with Gasteiger partial charge in [0.15, 0.2) is 0 Å². The number of hydrogen-bond donors (Lipinski definition) is 2. The Morgan fingerprint density at radius 1 is 1.21 bits per heavy atom. The second-order valence-electron chi connectivity index (χ2n) is 7.49. The van der Waals surface area contributed by atoms with Crippen LogP contribution in [-0.4, -0.2) is 19.2 Å². The number of fused-ring (bicyclic) bond motifs is 1. The summed E-state index contributed by atoms with van der Waals surface area (Å²) in [6.07, 6.45) is 2.64. The number of amides is 1. The summed E-state index contributed by atoms with van der Waals surface area (Å²) >= 11 is 1.36. The molecule has 0 unspecified atom stereocenters. The Morgan fingerprint density at radius 2 is 1.97 bits per heavy atom. The molecule has 0 aliphatic heterocycles. The van der Waals surface area contributed by atoms with Crippen LogP contribution in [0.25, 0.3) is 0 Å². The Hall–Kier alpha value is -3.75. The number of carbonyl (C=O) groups is 1. The van der Waals surface area contributed by atoms with Crippen LogP contribution in [0.4, 0.5) is 16.4 Å². The fourth-order valence-corrected chi connectivity index (χ4v) is 6.32. The van der Waals surface area contributed by atoms with Crippen molar-refractivity contribution in [1.29, 1.82) is 5.26 Å². The standard InChI is InChI=1S/C22H18N4O5S2/c1-13-9-10-14(26(28)29)11-20(13)33(30,31)25-18-7-3-2-5-16(18)21(27)24-22-17(12-23)15-6-4-8-19(15)32-22/h2-3,5,7,9-11,25H,4,6,8H2,1H3,(H,24,27). The van der Waals surface area contributed by atoms with Crippen LogP contribution >= 0.6 is 11.3 Å².